The van der Waals surface area contributed by atoms with Crippen molar-refractivity contribution in [3.63, 3.8) is 0 Å². The summed E-state index contributed by atoms with van der Waals surface area (Å²) in [7, 11) is 0. The summed E-state index contributed by atoms with van der Waals surface area (Å²) in [6.45, 7) is 3.55. The topological polar surface area (TPSA) is 87.5 Å². The molecule has 6 nitrogen and oxygen atoms in total. The van der Waals surface area contributed by atoms with E-state index in [4.69, 9.17) is 5.73 Å². The summed E-state index contributed by atoms with van der Waals surface area (Å²) in [5.41, 5.74) is 7.03. The smallest absolute Gasteiger partial charge is 0.238 e. The Bertz CT molecular complexity index is 493. The maximum absolute atomic E-state index is 12.0. The summed E-state index contributed by atoms with van der Waals surface area (Å²) in [6.07, 6.45) is 1.77. The number of nitrogens with zero attached hydrogens (tertiary/aromatic N) is 1. The largest absolute Gasteiger partial charge is 0.399 e. The van der Waals surface area contributed by atoms with E-state index in [1.165, 1.54) is 6.92 Å². The van der Waals surface area contributed by atoms with Crippen LogP contribution >= 0.6 is 0 Å². The molecule has 0 aromatic heterocycles. The molecule has 1 aliphatic rings. The van der Waals surface area contributed by atoms with E-state index in [-0.39, 0.29) is 17.9 Å². The summed E-state index contributed by atoms with van der Waals surface area (Å²) >= 11 is 0. The molecule has 2 amide bonds. The predicted molar refractivity (Wildman–Crippen MR) is 82.8 cm³/mol. The van der Waals surface area contributed by atoms with Crippen molar-refractivity contribution in [1.82, 2.24) is 10.2 Å². The van der Waals surface area contributed by atoms with Crippen LogP contribution in [0, 0.1) is 0 Å². The van der Waals surface area contributed by atoms with Gasteiger partial charge in [-0.2, -0.15) is 0 Å². The summed E-state index contributed by atoms with van der Waals surface area (Å²) in [6, 6.07) is 7.33. The van der Waals surface area contributed by atoms with Gasteiger partial charge in [0, 0.05) is 37.4 Å². The molecule has 0 spiro atoms. The lowest BCUT2D eigenvalue weighted by Gasteiger charge is -2.31. The van der Waals surface area contributed by atoms with Crippen LogP contribution in [-0.4, -0.2) is 42.4 Å². The molecule has 21 heavy (non-hydrogen) atoms. The number of amides is 2. The Morgan fingerprint density at radius 2 is 1.86 bits per heavy atom. The molecule has 0 atom stereocenters. The minimum atomic E-state index is -0.0299. The van der Waals surface area contributed by atoms with E-state index in [2.05, 4.69) is 15.5 Å². The number of rotatable bonds is 4. The molecular formula is C15H22N4O2. The van der Waals surface area contributed by atoms with Crippen molar-refractivity contribution in [3.8, 4) is 0 Å². The summed E-state index contributed by atoms with van der Waals surface area (Å²) in [4.78, 5) is 25.1. The monoisotopic (exact) mass is 290 g/mol. The first-order valence-electron chi connectivity index (χ1n) is 7.18. The minimum Gasteiger partial charge on any atom is -0.399 e. The van der Waals surface area contributed by atoms with Gasteiger partial charge in [-0.25, -0.2) is 0 Å². The second-order valence-electron chi connectivity index (χ2n) is 5.42. The average Bonchev–Trinajstić information content (AvgIpc) is 2.43. The zero-order valence-electron chi connectivity index (χ0n) is 12.3. The molecule has 1 heterocycles. The highest BCUT2D eigenvalue weighted by molar-refractivity contribution is 5.92. The van der Waals surface area contributed by atoms with Crippen LogP contribution in [0.1, 0.15) is 19.8 Å². The molecule has 1 saturated heterocycles. The van der Waals surface area contributed by atoms with Gasteiger partial charge in [0.2, 0.25) is 11.8 Å². The summed E-state index contributed by atoms with van der Waals surface area (Å²) in [5, 5.41) is 5.78. The first-order chi connectivity index (χ1) is 10.0. The normalized spacial score (nSPS) is 16.4. The number of carbonyl (C=O) groups excluding carboxylic acids is 2. The van der Waals surface area contributed by atoms with E-state index in [1.54, 1.807) is 24.3 Å². The Hall–Kier alpha value is -2.08. The molecule has 0 bridgehead atoms. The van der Waals surface area contributed by atoms with Crippen LogP contribution in [0.25, 0.3) is 0 Å². The van der Waals surface area contributed by atoms with E-state index in [0.29, 0.717) is 12.2 Å². The minimum absolute atomic E-state index is 0.00884. The Morgan fingerprint density at radius 3 is 2.43 bits per heavy atom. The fourth-order valence-electron chi connectivity index (χ4n) is 2.49. The maximum atomic E-state index is 12.0. The third-order valence-electron chi connectivity index (χ3n) is 3.56. The van der Waals surface area contributed by atoms with Crippen LogP contribution in [0.5, 0.6) is 0 Å². The fraction of sp³-hybridized carbons (Fsp3) is 0.467. The van der Waals surface area contributed by atoms with Crippen molar-refractivity contribution in [3.05, 3.63) is 24.3 Å². The molecule has 4 N–H and O–H groups in total. The van der Waals surface area contributed by atoms with Gasteiger partial charge >= 0.3 is 0 Å². The maximum Gasteiger partial charge on any atom is 0.238 e. The van der Waals surface area contributed by atoms with Crippen molar-refractivity contribution >= 4 is 23.2 Å². The van der Waals surface area contributed by atoms with Gasteiger partial charge in [0.1, 0.15) is 0 Å². The van der Waals surface area contributed by atoms with E-state index < -0.39 is 0 Å². The number of nitrogens with one attached hydrogen (secondary N) is 2. The van der Waals surface area contributed by atoms with Crippen molar-refractivity contribution in [2.45, 2.75) is 25.8 Å². The number of hydrogen-bond acceptors (Lipinski definition) is 4. The third kappa shape index (κ3) is 5.07. The Labute approximate surface area is 124 Å². The number of nitrogens with two attached hydrogens (primary N) is 1. The molecule has 0 aliphatic carbocycles. The van der Waals surface area contributed by atoms with Gasteiger partial charge in [0.25, 0.3) is 0 Å². The zero-order chi connectivity index (χ0) is 15.2. The standard InChI is InChI=1S/C15H22N4O2/c1-11(20)17-14-6-8-19(9-7-14)10-15(21)18-13-4-2-12(16)3-5-13/h2-5,14H,6-10,16H2,1H3,(H,17,20)(H,18,21). The molecule has 1 aromatic carbocycles. The zero-order valence-corrected chi connectivity index (χ0v) is 12.3. The van der Waals surface area contributed by atoms with Crippen molar-refractivity contribution in [1.29, 1.82) is 0 Å². The van der Waals surface area contributed by atoms with Crippen LogP contribution in [-0.2, 0) is 9.59 Å². The highest BCUT2D eigenvalue weighted by Crippen LogP contribution is 2.12. The molecule has 0 saturated carbocycles. The van der Waals surface area contributed by atoms with Crippen LogP contribution < -0.4 is 16.4 Å². The second-order valence-corrected chi connectivity index (χ2v) is 5.42. The van der Waals surface area contributed by atoms with Gasteiger partial charge in [-0.15, -0.1) is 0 Å². The molecule has 0 radical (unpaired) electrons. The Morgan fingerprint density at radius 1 is 1.24 bits per heavy atom. The lowest BCUT2D eigenvalue weighted by Crippen LogP contribution is -2.46. The summed E-state index contributed by atoms with van der Waals surface area (Å²) < 4.78 is 0. The average molecular weight is 290 g/mol. The van der Waals surface area contributed by atoms with E-state index in [9.17, 15) is 9.59 Å². The van der Waals surface area contributed by atoms with Crippen LogP contribution in [0.4, 0.5) is 11.4 Å². The predicted octanol–water partition coefficient (Wildman–Crippen LogP) is 0.808. The molecule has 6 heteroatoms. The molecular weight excluding hydrogens is 268 g/mol. The molecule has 1 fully saturated rings. The Kier molecular flexibility index (Phi) is 5.16. The van der Waals surface area contributed by atoms with Crippen molar-refractivity contribution in [2.75, 3.05) is 30.7 Å². The van der Waals surface area contributed by atoms with Gasteiger partial charge in [0.15, 0.2) is 0 Å². The third-order valence-corrected chi connectivity index (χ3v) is 3.56. The highest BCUT2D eigenvalue weighted by atomic mass is 16.2. The molecule has 114 valence electrons. The highest BCUT2D eigenvalue weighted by Gasteiger charge is 2.21. The molecule has 1 aliphatic heterocycles. The van der Waals surface area contributed by atoms with E-state index >= 15 is 0 Å². The fourth-order valence-corrected chi connectivity index (χ4v) is 2.49. The van der Waals surface area contributed by atoms with Crippen LogP contribution in [0.3, 0.4) is 0 Å². The van der Waals surface area contributed by atoms with Crippen molar-refractivity contribution in [2.24, 2.45) is 0 Å². The van der Waals surface area contributed by atoms with Gasteiger partial charge in [-0.05, 0) is 37.1 Å². The van der Waals surface area contributed by atoms with Gasteiger partial charge < -0.3 is 16.4 Å². The molecule has 1 aromatic rings. The number of nitrogen functional groups attached to an aromatic ring is 1. The Balaban J connectivity index is 1.74. The van der Waals surface area contributed by atoms with E-state index in [0.717, 1.165) is 31.6 Å². The second kappa shape index (κ2) is 7.08. The SMILES string of the molecule is CC(=O)NC1CCN(CC(=O)Nc2ccc(N)cc2)CC1. The van der Waals surface area contributed by atoms with Crippen LogP contribution in [0.2, 0.25) is 0 Å². The van der Waals surface area contributed by atoms with Crippen molar-refractivity contribution < 1.29 is 9.59 Å². The molecule has 2 rings (SSSR count). The number of benzene rings is 1. The first-order valence-corrected chi connectivity index (χ1v) is 7.18. The quantitative estimate of drug-likeness (QED) is 0.716. The summed E-state index contributed by atoms with van der Waals surface area (Å²) in [5.74, 6) is -0.0210. The number of piperidine rings is 1. The lowest BCUT2D eigenvalue weighted by atomic mass is 10.1. The lowest BCUT2D eigenvalue weighted by molar-refractivity contribution is -0.121. The van der Waals surface area contributed by atoms with Gasteiger partial charge in [0.05, 0.1) is 6.54 Å². The van der Waals surface area contributed by atoms with Gasteiger partial charge in [-0.1, -0.05) is 0 Å². The van der Waals surface area contributed by atoms with Crippen LogP contribution in [0.15, 0.2) is 24.3 Å². The number of likely N-dealkylation sites (tertiary alicyclic amines) is 1. The number of anilines is 2. The first kappa shape index (κ1) is 15.3. The molecule has 0 unspecified atom stereocenters. The number of carbonyl (C=O) groups is 2. The van der Waals surface area contributed by atoms with Gasteiger partial charge in [-0.3, -0.25) is 14.5 Å². The van der Waals surface area contributed by atoms with E-state index in [1.807, 2.05) is 0 Å². The number of hydrogen-bond donors (Lipinski definition) is 3.